The molecule has 1 fully saturated rings. The summed E-state index contributed by atoms with van der Waals surface area (Å²) in [6.07, 6.45) is 3.00. The molecule has 2 heterocycles. The maximum atomic E-state index is 13.1. The Kier molecular flexibility index (Phi) is 6.71. The van der Waals surface area contributed by atoms with Gasteiger partial charge in [-0.05, 0) is 67.8 Å². The molecule has 4 rings (SSSR count). The van der Waals surface area contributed by atoms with E-state index >= 15 is 0 Å². The lowest BCUT2D eigenvalue weighted by molar-refractivity contribution is -0.122. The number of ether oxygens (including phenoxy) is 1. The van der Waals surface area contributed by atoms with E-state index in [1.165, 1.54) is 22.2 Å². The number of carbonyl (C=O) groups excluding carboxylic acids is 2. The molecule has 2 amide bonds. The minimum absolute atomic E-state index is 0.208. The second-order valence-electron chi connectivity index (χ2n) is 8.31. The van der Waals surface area contributed by atoms with Crippen LogP contribution in [-0.4, -0.2) is 50.3 Å². The molecule has 1 N–H and O–H groups in total. The molecular weight excluding hydrogens is 442 g/mol. The summed E-state index contributed by atoms with van der Waals surface area (Å²) in [5.41, 5.74) is 1.85. The average molecular weight is 472 g/mol. The minimum atomic E-state index is -3.60. The summed E-state index contributed by atoms with van der Waals surface area (Å²) in [7, 11) is -3.60. The first-order chi connectivity index (χ1) is 15.8. The lowest BCUT2D eigenvalue weighted by atomic mass is 10.1. The molecular formula is C24H29N3O5S. The first-order valence-electron chi connectivity index (χ1n) is 11.3. The number of benzene rings is 2. The van der Waals surface area contributed by atoms with Crippen LogP contribution in [0.5, 0.6) is 5.75 Å². The van der Waals surface area contributed by atoms with E-state index in [1.54, 1.807) is 36.4 Å². The van der Waals surface area contributed by atoms with E-state index in [1.807, 2.05) is 6.92 Å². The van der Waals surface area contributed by atoms with Crippen LogP contribution in [0.2, 0.25) is 0 Å². The van der Waals surface area contributed by atoms with E-state index in [4.69, 9.17) is 4.74 Å². The zero-order valence-electron chi connectivity index (χ0n) is 18.9. The smallest absolute Gasteiger partial charge is 0.247 e. The van der Waals surface area contributed by atoms with Gasteiger partial charge in [-0.15, -0.1) is 0 Å². The zero-order chi connectivity index (χ0) is 23.6. The molecule has 1 atom stereocenters. The van der Waals surface area contributed by atoms with Crippen LogP contribution in [0, 0.1) is 0 Å². The van der Waals surface area contributed by atoms with Gasteiger partial charge in [0, 0.05) is 37.8 Å². The molecule has 2 aromatic rings. The average Bonchev–Trinajstić information content (AvgIpc) is 3.20. The largest absolute Gasteiger partial charge is 0.494 e. The van der Waals surface area contributed by atoms with Crippen LogP contribution in [0.1, 0.15) is 38.7 Å². The quantitative estimate of drug-likeness (QED) is 0.698. The highest BCUT2D eigenvalue weighted by molar-refractivity contribution is 7.89. The molecule has 0 aromatic heterocycles. The van der Waals surface area contributed by atoms with Gasteiger partial charge in [-0.25, -0.2) is 8.42 Å². The Morgan fingerprint density at radius 1 is 1.06 bits per heavy atom. The predicted molar refractivity (Wildman–Crippen MR) is 126 cm³/mol. The maximum Gasteiger partial charge on any atom is 0.247 e. The van der Waals surface area contributed by atoms with Gasteiger partial charge in [-0.3, -0.25) is 14.5 Å². The fourth-order valence-corrected chi connectivity index (χ4v) is 6.04. The van der Waals surface area contributed by atoms with E-state index < -0.39 is 16.1 Å². The van der Waals surface area contributed by atoms with E-state index in [-0.39, 0.29) is 23.1 Å². The summed E-state index contributed by atoms with van der Waals surface area (Å²) in [5, 5.41) is 2.85. The molecule has 1 saturated heterocycles. The second-order valence-corrected chi connectivity index (χ2v) is 10.2. The minimum Gasteiger partial charge on any atom is -0.494 e. The van der Waals surface area contributed by atoms with Crippen molar-refractivity contribution in [2.75, 3.05) is 29.9 Å². The Balaban J connectivity index is 1.56. The van der Waals surface area contributed by atoms with Gasteiger partial charge in [0.25, 0.3) is 0 Å². The number of hydrogen-bond donors (Lipinski definition) is 1. The van der Waals surface area contributed by atoms with Crippen LogP contribution >= 0.6 is 0 Å². The monoisotopic (exact) mass is 471 g/mol. The standard InChI is InChI=1S/C24H29N3O5S/c1-3-32-20-9-7-19(8-10-20)25-24(29)23-16-18-15-21(11-12-22(18)27(23)17(2)28)33(30,31)26-13-5-4-6-14-26/h7-12,15,23H,3-6,13-14,16H2,1-2H3,(H,25,29). The van der Waals surface area contributed by atoms with Crippen LogP contribution in [0.25, 0.3) is 0 Å². The first kappa shape index (κ1) is 23.3. The number of piperidine rings is 1. The van der Waals surface area contributed by atoms with Crippen LogP contribution in [0.4, 0.5) is 11.4 Å². The van der Waals surface area contributed by atoms with E-state index in [0.717, 1.165) is 19.3 Å². The number of amides is 2. The first-order valence-corrected chi connectivity index (χ1v) is 12.7. The molecule has 2 aliphatic heterocycles. The molecule has 0 bridgehead atoms. The number of fused-ring (bicyclic) bond motifs is 1. The third kappa shape index (κ3) is 4.74. The number of nitrogens with zero attached hydrogens (tertiary/aromatic N) is 2. The predicted octanol–water partition coefficient (Wildman–Crippen LogP) is 3.18. The van der Waals surface area contributed by atoms with Crippen molar-refractivity contribution in [3.63, 3.8) is 0 Å². The topological polar surface area (TPSA) is 96.0 Å². The van der Waals surface area contributed by atoms with Crippen molar-refractivity contribution < 1.29 is 22.7 Å². The molecule has 0 radical (unpaired) electrons. The van der Waals surface area contributed by atoms with Crippen LogP contribution in [0.3, 0.4) is 0 Å². The number of sulfonamides is 1. The van der Waals surface area contributed by atoms with Gasteiger partial charge in [0.2, 0.25) is 21.8 Å². The van der Waals surface area contributed by atoms with E-state index in [2.05, 4.69) is 5.32 Å². The Morgan fingerprint density at radius 2 is 1.76 bits per heavy atom. The van der Waals surface area contributed by atoms with Gasteiger partial charge in [0.15, 0.2) is 0 Å². The maximum absolute atomic E-state index is 13.1. The van der Waals surface area contributed by atoms with Crippen LogP contribution in [-0.2, 0) is 26.0 Å². The van der Waals surface area contributed by atoms with Crippen LogP contribution in [0.15, 0.2) is 47.4 Å². The fourth-order valence-electron chi connectivity index (χ4n) is 4.47. The summed E-state index contributed by atoms with van der Waals surface area (Å²) >= 11 is 0. The Bertz CT molecular complexity index is 1140. The molecule has 176 valence electrons. The molecule has 0 aliphatic carbocycles. The Hall–Kier alpha value is -2.91. The van der Waals surface area contributed by atoms with Crippen LogP contribution < -0.4 is 15.0 Å². The summed E-state index contributed by atoms with van der Waals surface area (Å²) in [4.78, 5) is 27.1. The van der Waals surface area contributed by atoms with Gasteiger partial charge < -0.3 is 10.1 Å². The molecule has 2 aromatic carbocycles. The van der Waals surface area contributed by atoms with Crippen molar-refractivity contribution in [3.05, 3.63) is 48.0 Å². The van der Waals surface area contributed by atoms with Gasteiger partial charge in [-0.1, -0.05) is 6.42 Å². The van der Waals surface area contributed by atoms with E-state index in [9.17, 15) is 18.0 Å². The molecule has 9 heteroatoms. The highest BCUT2D eigenvalue weighted by atomic mass is 32.2. The molecule has 0 saturated carbocycles. The SMILES string of the molecule is CCOc1ccc(NC(=O)C2Cc3cc(S(=O)(=O)N4CCCCC4)ccc3N2C(C)=O)cc1. The molecule has 8 nitrogen and oxygen atoms in total. The van der Waals surface area contributed by atoms with Crippen molar-refractivity contribution in [2.45, 2.75) is 50.5 Å². The van der Waals surface area contributed by atoms with Gasteiger partial charge in [0.1, 0.15) is 11.8 Å². The second kappa shape index (κ2) is 9.52. The zero-order valence-corrected chi connectivity index (χ0v) is 19.7. The van der Waals surface area contributed by atoms with Gasteiger partial charge in [0.05, 0.1) is 11.5 Å². The Morgan fingerprint density at radius 3 is 2.39 bits per heavy atom. The third-order valence-corrected chi connectivity index (χ3v) is 7.96. The number of rotatable bonds is 6. The number of carbonyl (C=O) groups is 2. The lowest BCUT2D eigenvalue weighted by Crippen LogP contribution is -2.44. The Labute approximate surface area is 194 Å². The van der Waals surface area contributed by atoms with Crippen molar-refractivity contribution in [1.29, 1.82) is 0 Å². The van der Waals surface area contributed by atoms with Gasteiger partial charge in [-0.2, -0.15) is 4.31 Å². The molecule has 2 aliphatic rings. The van der Waals surface area contributed by atoms with Crippen molar-refractivity contribution in [3.8, 4) is 5.75 Å². The number of anilines is 2. The fraction of sp³-hybridized carbons (Fsp3) is 0.417. The number of hydrogen-bond acceptors (Lipinski definition) is 5. The van der Waals surface area contributed by atoms with Gasteiger partial charge >= 0.3 is 0 Å². The highest BCUT2D eigenvalue weighted by Crippen LogP contribution is 2.35. The summed E-state index contributed by atoms with van der Waals surface area (Å²) in [5.74, 6) is 0.106. The summed E-state index contributed by atoms with van der Waals surface area (Å²) < 4.78 is 33.1. The summed E-state index contributed by atoms with van der Waals surface area (Å²) in [6, 6.07) is 11.0. The normalized spacial score (nSPS) is 18.6. The molecule has 0 spiro atoms. The van der Waals surface area contributed by atoms with Crippen molar-refractivity contribution >= 4 is 33.2 Å². The van der Waals surface area contributed by atoms with Crippen molar-refractivity contribution in [2.24, 2.45) is 0 Å². The lowest BCUT2D eigenvalue weighted by Gasteiger charge is -2.26. The number of nitrogens with one attached hydrogen (secondary N) is 1. The molecule has 33 heavy (non-hydrogen) atoms. The highest BCUT2D eigenvalue weighted by Gasteiger charge is 2.38. The third-order valence-electron chi connectivity index (χ3n) is 6.06. The summed E-state index contributed by atoms with van der Waals surface area (Å²) in [6.45, 7) is 4.89. The van der Waals surface area contributed by atoms with E-state index in [0.29, 0.717) is 42.4 Å². The van der Waals surface area contributed by atoms with Crippen molar-refractivity contribution in [1.82, 2.24) is 4.31 Å². The molecule has 1 unspecified atom stereocenters.